The maximum Gasteiger partial charge on any atom is 0.320 e. The molecule has 0 aromatic heterocycles. The molecule has 2 aliphatic rings. The summed E-state index contributed by atoms with van der Waals surface area (Å²) in [6, 6.07) is 0.240. The Kier molecular flexibility index (Phi) is 5.30. The number of rotatable bonds is 4. The van der Waals surface area contributed by atoms with Crippen molar-refractivity contribution in [3.63, 3.8) is 0 Å². The van der Waals surface area contributed by atoms with Gasteiger partial charge in [-0.15, -0.1) is 0 Å². The minimum Gasteiger partial charge on any atom is -0.328 e. The topological polar surface area (TPSA) is 49.6 Å². The van der Waals surface area contributed by atoms with Gasteiger partial charge in [0.05, 0.1) is 5.54 Å². The second-order valence-electron chi connectivity index (χ2n) is 6.76. The van der Waals surface area contributed by atoms with Gasteiger partial charge in [0, 0.05) is 26.2 Å². The number of hydrogen-bond donors (Lipinski definition) is 1. The SMILES string of the molecule is CCCN(C(=O)N1CCCC1)C1(CN)CCCC(C)C1. The smallest absolute Gasteiger partial charge is 0.320 e. The van der Waals surface area contributed by atoms with E-state index < -0.39 is 0 Å². The van der Waals surface area contributed by atoms with Crippen molar-refractivity contribution in [3.05, 3.63) is 0 Å². The molecule has 116 valence electrons. The molecule has 2 atom stereocenters. The summed E-state index contributed by atoms with van der Waals surface area (Å²) >= 11 is 0. The number of nitrogens with zero attached hydrogens (tertiary/aromatic N) is 2. The van der Waals surface area contributed by atoms with E-state index in [0.29, 0.717) is 12.5 Å². The summed E-state index contributed by atoms with van der Waals surface area (Å²) in [5, 5.41) is 0. The lowest BCUT2D eigenvalue weighted by Crippen LogP contribution is -2.61. The largest absolute Gasteiger partial charge is 0.328 e. The van der Waals surface area contributed by atoms with E-state index in [-0.39, 0.29) is 11.6 Å². The summed E-state index contributed by atoms with van der Waals surface area (Å²) in [5.74, 6) is 0.679. The molecule has 4 nitrogen and oxygen atoms in total. The van der Waals surface area contributed by atoms with Crippen molar-refractivity contribution in [1.29, 1.82) is 0 Å². The zero-order valence-electron chi connectivity index (χ0n) is 13.2. The highest BCUT2D eigenvalue weighted by Crippen LogP contribution is 2.37. The zero-order valence-corrected chi connectivity index (χ0v) is 13.2. The van der Waals surface area contributed by atoms with Crippen molar-refractivity contribution in [3.8, 4) is 0 Å². The molecule has 1 aliphatic heterocycles. The van der Waals surface area contributed by atoms with Crippen LogP contribution in [0.15, 0.2) is 0 Å². The Balaban J connectivity index is 2.17. The molecule has 2 rings (SSSR count). The number of hydrogen-bond acceptors (Lipinski definition) is 2. The second kappa shape index (κ2) is 6.79. The summed E-state index contributed by atoms with van der Waals surface area (Å²) in [7, 11) is 0. The van der Waals surface area contributed by atoms with E-state index in [9.17, 15) is 4.79 Å². The first-order chi connectivity index (χ1) is 9.63. The van der Waals surface area contributed by atoms with Gasteiger partial charge in [-0.1, -0.05) is 26.7 Å². The number of amides is 2. The van der Waals surface area contributed by atoms with Crippen LogP contribution in [0.2, 0.25) is 0 Å². The molecule has 2 unspecified atom stereocenters. The first kappa shape index (κ1) is 15.6. The van der Waals surface area contributed by atoms with Crippen LogP contribution in [0.1, 0.15) is 58.8 Å². The van der Waals surface area contributed by atoms with Gasteiger partial charge < -0.3 is 15.5 Å². The number of carbonyl (C=O) groups excluding carboxylic acids is 1. The van der Waals surface area contributed by atoms with Crippen LogP contribution in [0.4, 0.5) is 4.79 Å². The van der Waals surface area contributed by atoms with Gasteiger partial charge in [0.2, 0.25) is 0 Å². The lowest BCUT2D eigenvalue weighted by molar-refractivity contribution is 0.0510. The molecule has 2 amide bonds. The molecule has 1 saturated heterocycles. The molecule has 2 fully saturated rings. The van der Waals surface area contributed by atoms with Crippen LogP contribution >= 0.6 is 0 Å². The molecule has 0 spiro atoms. The monoisotopic (exact) mass is 281 g/mol. The molecule has 0 aromatic carbocycles. The number of likely N-dealkylation sites (tertiary alicyclic amines) is 1. The van der Waals surface area contributed by atoms with Gasteiger partial charge in [-0.05, 0) is 38.0 Å². The molecule has 1 saturated carbocycles. The highest BCUT2D eigenvalue weighted by atomic mass is 16.2. The van der Waals surface area contributed by atoms with Crippen LogP contribution in [0.25, 0.3) is 0 Å². The summed E-state index contributed by atoms with van der Waals surface area (Å²) in [6.45, 7) is 7.76. The minimum absolute atomic E-state index is 0.0899. The van der Waals surface area contributed by atoms with E-state index in [2.05, 4.69) is 18.7 Å². The number of nitrogens with two attached hydrogens (primary N) is 1. The molecular formula is C16H31N3O. The van der Waals surface area contributed by atoms with Gasteiger partial charge in [-0.3, -0.25) is 0 Å². The van der Waals surface area contributed by atoms with E-state index in [0.717, 1.165) is 51.7 Å². The van der Waals surface area contributed by atoms with Gasteiger partial charge in [0.25, 0.3) is 0 Å². The third kappa shape index (κ3) is 3.11. The highest BCUT2D eigenvalue weighted by molar-refractivity contribution is 5.75. The third-order valence-electron chi connectivity index (χ3n) is 5.07. The van der Waals surface area contributed by atoms with Crippen molar-refractivity contribution in [2.45, 2.75) is 64.3 Å². The predicted molar refractivity (Wildman–Crippen MR) is 82.6 cm³/mol. The highest BCUT2D eigenvalue weighted by Gasteiger charge is 2.42. The van der Waals surface area contributed by atoms with Crippen molar-refractivity contribution < 1.29 is 4.79 Å². The van der Waals surface area contributed by atoms with Crippen LogP contribution in [-0.4, -0.2) is 47.5 Å². The lowest BCUT2D eigenvalue weighted by atomic mass is 9.75. The van der Waals surface area contributed by atoms with Gasteiger partial charge in [-0.2, -0.15) is 0 Å². The van der Waals surface area contributed by atoms with Crippen molar-refractivity contribution >= 4 is 6.03 Å². The lowest BCUT2D eigenvalue weighted by Gasteiger charge is -2.48. The summed E-state index contributed by atoms with van der Waals surface area (Å²) < 4.78 is 0. The molecule has 0 aromatic rings. The molecule has 1 aliphatic carbocycles. The predicted octanol–water partition coefficient (Wildman–Crippen LogP) is 2.82. The molecule has 1 heterocycles. The molecule has 20 heavy (non-hydrogen) atoms. The van der Waals surface area contributed by atoms with Crippen LogP contribution in [0.5, 0.6) is 0 Å². The fourth-order valence-corrected chi connectivity index (χ4v) is 4.01. The summed E-state index contributed by atoms with van der Waals surface area (Å²) in [5.41, 5.74) is 6.07. The number of carbonyl (C=O) groups is 1. The molecular weight excluding hydrogens is 250 g/mol. The Morgan fingerprint density at radius 3 is 2.60 bits per heavy atom. The molecule has 0 radical (unpaired) electrons. The standard InChI is InChI=1S/C16H31N3O/c1-3-9-19(15(20)18-10-4-5-11-18)16(13-17)8-6-7-14(2)12-16/h14H,3-13,17H2,1-2H3. The van der Waals surface area contributed by atoms with Gasteiger partial charge in [-0.25, -0.2) is 4.79 Å². The zero-order chi connectivity index (χ0) is 14.6. The summed E-state index contributed by atoms with van der Waals surface area (Å²) in [4.78, 5) is 17.1. The van der Waals surface area contributed by atoms with Crippen molar-refractivity contribution in [2.75, 3.05) is 26.2 Å². The van der Waals surface area contributed by atoms with Crippen molar-refractivity contribution in [2.24, 2.45) is 11.7 Å². The van der Waals surface area contributed by atoms with Crippen LogP contribution in [-0.2, 0) is 0 Å². The Morgan fingerprint density at radius 2 is 2.05 bits per heavy atom. The molecule has 0 bridgehead atoms. The maximum atomic E-state index is 12.9. The van der Waals surface area contributed by atoms with E-state index in [4.69, 9.17) is 5.73 Å². The second-order valence-corrected chi connectivity index (χ2v) is 6.76. The average Bonchev–Trinajstić information content (AvgIpc) is 2.98. The Morgan fingerprint density at radius 1 is 1.35 bits per heavy atom. The first-order valence-corrected chi connectivity index (χ1v) is 8.39. The molecule has 4 heteroatoms. The maximum absolute atomic E-state index is 12.9. The molecule has 2 N–H and O–H groups in total. The fourth-order valence-electron chi connectivity index (χ4n) is 4.01. The average molecular weight is 281 g/mol. The Bertz CT molecular complexity index is 328. The number of urea groups is 1. The van der Waals surface area contributed by atoms with E-state index in [1.54, 1.807) is 0 Å². The summed E-state index contributed by atoms with van der Waals surface area (Å²) in [6.07, 6.45) is 7.94. The van der Waals surface area contributed by atoms with Crippen LogP contribution < -0.4 is 5.73 Å². The van der Waals surface area contributed by atoms with Gasteiger partial charge in [0.15, 0.2) is 0 Å². The quantitative estimate of drug-likeness (QED) is 0.861. The van der Waals surface area contributed by atoms with Crippen molar-refractivity contribution in [1.82, 2.24) is 9.80 Å². The first-order valence-electron chi connectivity index (χ1n) is 8.39. The Labute approximate surface area is 123 Å². The minimum atomic E-state index is -0.0899. The van der Waals surface area contributed by atoms with Gasteiger partial charge >= 0.3 is 6.03 Å². The van der Waals surface area contributed by atoms with E-state index >= 15 is 0 Å². The normalized spacial score (nSPS) is 30.6. The van der Waals surface area contributed by atoms with Crippen LogP contribution in [0.3, 0.4) is 0 Å². The van der Waals surface area contributed by atoms with E-state index in [1.807, 2.05) is 4.90 Å². The van der Waals surface area contributed by atoms with E-state index in [1.165, 1.54) is 12.8 Å². The third-order valence-corrected chi connectivity index (χ3v) is 5.07. The van der Waals surface area contributed by atoms with Crippen LogP contribution in [0, 0.1) is 5.92 Å². The fraction of sp³-hybridized carbons (Fsp3) is 0.938. The Hall–Kier alpha value is -0.770. The van der Waals surface area contributed by atoms with Gasteiger partial charge in [0.1, 0.15) is 0 Å².